The van der Waals surface area contributed by atoms with Gasteiger partial charge in [0.05, 0.1) is 22.5 Å². The normalized spacial score (nSPS) is 12.7. The number of rotatable bonds is 5. The minimum Gasteiger partial charge on any atom is -0.271 e. The highest BCUT2D eigenvalue weighted by Crippen LogP contribution is 2.27. The van der Waals surface area contributed by atoms with Gasteiger partial charge in [0.15, 0.2) is 0 Å². The van der Waals surface area contributed by atoms with Gasteiger partial charge in [0.25, 0.3) is 0 Å². The molecule has 2 rings (SSSR count). The standard InChI is InChI=1S/C15H20ClFN4/c1-4-21-14(15(16)10(3)20-21)8-13(19-18)11-6-5-9(2)7-12(11)17/h5-7,13,19H,4,8,18H2,1-3H3. The predicted molar refractivity (Wildman–Crippen MR) is 82.6 cm³/mol. The molecule has 21 heavy (non-hydrogen) atoms. The molecule has 3 N–H and O–H groups in total. The zero-order chi connectivity index (χ0) is 15.6. The van der Waals surface area contributed by atoms with E-state index in [-0.39, 0.29) is 11.9 Å². The van der Waals surface area contributed by atoms with Crippen LogP contribution in [0.1, 0.15) is 35.5 Å². The zero-order valence-electron chi connectivity index (χ0n) is 12.5. The molecular weight excluding hydrogens is 291 g/mol. The van der Waals surface area contributed by atoms with E-state index in [2.05, 4.69) is 10.5 Å². The molecule has 1 aromatic heterocycles. The molecule has 2 aromatic rings. The SMILES string of the molecule is CCn1nc(C)c(Cl)c1CC(NN)c1ccc(C)cc1F. The van der Waals surface area contributed by atoms with Crippen LogP contribution in [-0.2, 0) is 13.0 Å². The Bertz CT molecular complexity index is 639. The Balaban J connectivity index is 2.35. The second-order valence-electron chi connectivity index (χ2n) is 5.11. The molecule has 0 aliphatic carbocycles. The van der Waals surface area contributed by atoms with Crippen molar-refractivity contribution >= 4 is 11.6 Å². The van der Waals surface area contributed by atoms with Crippen molar-refractivity contribution in [3.05, 3.63) is 51.6 Å². The Labute approximate surface area is 129 Å². The Hall–Kier alpha value is -1.43. The molecule has 4 nitrogen and oxygen atoms in total. The molecule has 0 amide bonds. The fourth-order valence-corrected chi connectivity index (χ4v) is 2.64. The number of hydrogen-bond acceptors (Lipinski definition) is 3. The molecule has 0 aliphatic rings. The molecule has 1 unspecified atom stereocenters. The maximum atomic E-state index is 14.1. The van der Waals surface area contributed by atoms with Crippen molar-refractivity contribution in [3.8, 4) is 0 Å². The monoisotopic (exact) mass is 310 g/mol. The largest absolute Gasteiger partial charge is 0.271 e. The average Bonchev–Trinajstić information content (AvgIpc) is 2.72. The van der Waals surface area contributed by atoms with Gasteiger partial charge in [-0.1, -0.05) is 23.7 Å². The van der Waals surface area contributed by atoms with Crippen molar-refractivity contribution in [2.75, 3.05) is 0 Å². The number of nitrogens with zero attached hydrogens (tertiary/aromatic N) is 2. The van der Waals surface area contributed by atoms with E-state index in [0.717, 1.165) is 17.0 Å². The lowest BCUT2D eigenvalue weighted by Crippen LogP contribution is -2.31. The second-order valence-corrected chi connectivity index (χ2v) is 5.49. The number of hydrogen-bond donors (Lipinski definition) is 2. The third kappa shape index (κ3) is 3.26. The number of benzene rings is 1. The fraction of sp³-hybridized carbons (Fsp3) is 0.400. The minimum absolute atomic E-state index is 0.270. The minimum atomic E-state index is -0.357. The van der Waals surface area contributed by atoms with E-state index in [1.54, 1.807) is 6.07 Å². The lowest BCUT2D eigenvalue weighted by Gasteiger charge is -2.18. The van der Waals surface area contributed by atoms with Crippen LogP contribution < -0.4 is 11.3 Å². The van der Waals surface area contributed by atoms with Gasteiger partial charge < -0.3 is 0 Å². The highest BCUT2D eigenvalue weighted by Gasteiger charge is 2.20. The Kier molecular flexibility index (Phi) is 4.98. The zero-order valence-corrected chi connectivity index (χ0v) is 13.2. The van der Waals surface area contributed by atoms with Gasteiger partial charge in [0.1, 0.15) is 5.82 Å². The van der Waals surface area contributed by atoms with Crippen molar-refractivity contribution in [2.24, 2.45) is 5.84 Å². The molecule has 114 valence electrons. The molecule has 0 radical (unpaired) electrons. The van der Waals surface area contributed by atoms with Crippen LogP contribution in [0.25, 0.3) is 0 Å². The summed E-state index contributed by atoms with van der Waals surface area (Å²) in [4.78, 5) is 0. The van der Waals surface area contributed by atoms with E-state index < -0.39 is 0 Å². The van der Waals surface area contributed by atoms with E-state index in [4.69, 9.17) is 17.4 Å². The number of aryl methyl sites for hydroxylation is 3. The number of hydrazine groups is 1. The predicted octanol–water partition coefficient (Wildman–Crippen LogP) is 3.06. The van der Waals surface area contributed by atoms with E-state index in [1.165, 1.54) is 6.07 Å². The topological polar surface area (TPSA) is 55.9 Å². The smallest absolute Gasteiger partial charge is 0.128 e. The van der Waals surface area contributed by atoms with Crippen molar-refractivity contribution in [3.63, 3.8) is 0 Å². The first-order valence-electron chi connectivity index (χ1n) is 6.91. The molecule has 6 heteroatoms. The lowest BCUT2D eigenvalue weighted by atomic mass is 10.0. The van der Waals surface area contributed by atoms with Crippen molar-refractivity contribution in [2.45, 2.75) is 39.8 Å². The Morgan fingerprint density at radius 1 is 1.43 bits per heavy atom. The van der Waals surface area contributed by atoms with Gasteiger partial charge in [0.2, 0.25) is 0 Å². The molecule has 1 aromatic carbocycles. The second kappa shape index (κ2) is 6.56. The van der Waals surface area contributed by atoms with E-state index >= 15 is 0 Å². The lowest BCUT2D eigenvalue weighted by molar-refractivity contribution is 0.490. The Morgan fingerprint density at radius 2 is 2.14 bits per heavy atom. The summed E-state index contributed by atoms with van der Waals surface area (Å²) >= 11 is 6.30. The summed E-state index contributed by atoms with van der Waals surface area (Å²) in [6.07, 6.45) is 0.476. The molecule has 0 saturated heterocycles. The number of aromatic nitrogens is 2. The molecule has 0 bridgehead atoms. The summed E-state index contributed by atoms with van der Waals surface area (Å²) in [7, 11) is 0. The van der Waals surface area contributed by atoms with Gasteiger partial charge in [-0.2, -0.15) is 5.10 Å². The molecule has 1 atom stereocenters. The van der Waals surface area contributed by atoms with Crippen molar-refractivity contribution in [1.82, 2.24) is 15.2 Å². The van der Waals surface area contributed by atoms with Crippen LogP contribution in [0.15, 0.2) is 18.2 Å². The van der Waals surface area contributed by atoms with Crippen LogP contribution in [-0.4, -0.2) is 9.78 Å². The first-order valence-corrected chi connectivity index (χ1v) is 7.29. The van der Waals surface area contributed by atoms with Gasteiger partial charge in [-0.3, -0.25) is 16.0 Å². The van der Waals surface area contributed by atoms with Crippen LogP contribution in [0, 0.1) is 19.7 Å². The summed E-state index contributed by atoms with van der Waals surface area (Å²) in [6.45, 7) is 6.40. The van der Waals surface area contributed by atoms with Gasteiger partial charge in [-0.05, 0) is 32.4 Å². The summed E-state index contributed by atoms with van der Waals surface area (Å²) in [5, 5.41) is 4.98. The summed E-state index contributed by atoms with van der Waals surface area (Å²) in [5.74, 6) is 5.35. The van der Waals surface area contributed by atoms with E-state index in [0.29, 0.717) is 23.6 Å². The first-order chi connectivity index (χ1) is 9.97. The molecule has 0 aliphatic heterocycles. The summed E-state index contributed by atoms with van der Waals surface area (Å²) < 4.78 is 16.0. The third-order valence-corrected chi connectivity index (χ3v) is 4.07. The van der Waals surface area contributed by atoms with Gasteiger partial charge in [0, 0.05) is 18.5 Å². The van der Waals surface area contributed by atoms with Crippen LogP contribution in [0.2, 0.25) is 5.02 Å². The number of nitrogens with one attached hydrogen (secondary N) is 1. The van der Waals surface area contributed by atoms with Crippen LogP contribution in [0.4, 0.5) is 4.39 Å². The van der Waals surface area contributed by atoms with Gasteiger partial charge >= 0.3 is 0 Å². The molecular formula is C15H20ClFN4. The maximum Gasteiger partial charge on any atom is 0.128 e. The average molecular weight is 311 g/mol. The van der Waals surface area contributed by atoms with Crippen molar-refractivity contribution < 1.29 is 4.39 Å². The quantitative estimate of drug-likeness (QED) is 0.659. The van der Waals surface area contributed by atoms with Crippen LogP contribution >= 0.6 is 11.6 Å². The van der Waals surface area contributed by atoms with Crippen LogP contribution in [0.5, 0.6) is 0 Å². The fourth-order valence-electron chi connectivity index (χ4n) is 2.43. The molecule has 0 saturated carbocycles. The van der Waals surface area contributed by atoms with E-state index in [1.807, 2.05) is 31.5 Å². The highest BCUT2D eigenvalue weighted by molar-refractivity contribution is 6.31. The Morgan fingerprint density at radius 3 is 2.71 bits per heavy atom. The summed E-state index contributed by atoms with van der Waals surface area (Å²) in [6, 6.07) is 4.77. The highest BCUT2D eigenvalue weighted by atomic mass is 35.5. The number of halogens is 2. The summed E-state index contributed by atoms with van der Waals surface area (Å²) in [5.41, 5.74) is 5.71. The molecule has 0 spiro atoms. The van der Waals surface area contributed by atoms with Gasteiger partial charge in [-0.25, -0.2) is 4.39 Å². The van der Waals surface area contributed by atoms with Crippen LogP contribution in [0.3, 0.4) is 0 Å². The van der Waals surface area contributed by atoms with Gasteiger partial charge in [-0.15, -0.1) is 0 Å². The van der Waals surface area contributed by atoms with Crippen molar-refractivity contribution in [1.29, 1.82) is 0 Å². The van der Waals surface area contributed by atoms with E-state index in [9.17, 15) is 4.39 Å². The number of nitrogens with two attached hydrogens (primary N) is 1. The third-order valence-electron chi connectivity index (χ3n) is 3.58. The molecule has 0 fully saturated rings. The first kappa shape index (κ1) is 15.9. The maximum absolute atomic E-state index is 14.1. The molecule has 1 heterocycles.